The van der Waals surface area contributed by atoms with Gasteiger partial charge in [-0.25, -0.2) is 0 Å². The van der Waals surface area contributed by atoms with E-state index >= 15 is 0 Å². The minimum Gasteiger partial charge on any atom is -0.301 e. The van der Waals surface area contributed by atoms with Crippen LogP contribution in [0.5, 0.6) is 0 Å². The van der Waals surface area contributed by atoms with E-state index in [1.165, 1.54) is 30.7 Å². The van der Waals surface area contributed by atoms with Gasteiger partial charge in [0.25, 0.3) is 0 Å². The third kappa shape index (κ3) is 4.01. The summed E-state index contributed by atoms with van der Waals surface area (Å²) in [6.07, 6.45) is 5.48. The fraction of sp³-hybridized carbons (Fsp3) is 0.909. The van der Waals surface area contributed by atoms with Crippen molar-refractivity contribution in [3.8, 4) is 0 Å². The first kappa shape index (κ1) is 12.1. The predicted octanol–water partition coefficient (Wildman–Crippen LogP) is 2.89. The number of aliphatic imine (C=N–C) groups is 1. The molecule has 0 saturated heterocycles. The van der Waals surface area contributed by atoms with Crippen LogP contribution in [0.1, 0.15) is 39.5 Å². The molecule has 0 radical (unpaired) electrons. The van der Waals surface area contributed by atoms with Gasteiger partial charge in [-0.2, -0.15) is 0 Å². The lowest BCUT2D eigenvalue weighted by Crippen LogP contribution is -2.14. The molecule has 0 aromatic rings. The van der Waals surface area contributed by atoms with Gasteiger partial charge in [0, 0.05) is 11.2 Å². The van der Waals surface area contributed by atoms with Crippen molar-refractivity contribution < 1.29 is 0 Å². The molecule has 1 rings (SSSR count). The lowest BCUT2D eigenvalue weighted by atomic mass is 10.1. The molecule has 0 aromatic carbocycles. The molecule has 1 aliphatic carbocycles. The van der Waals surface area contributed by atoms with Gasteiger partial charge in [0.2, 0.25) is 0 Å². The van der Waals surface area contributed by atoms with Gasteiger partial charge in [-0.3, -0.25) is 4.99 Å². The van der Waals surface area contributed by atoms with E-state index in [1.807, 2.05) is 18.8 Å². The SMILES string of the molecule is CNC/N=C(\SC(C)C)C1CCCC1. The van der Waals surface area contributed by atoms with Crippen LogP contribution >= 0.6 is 11.8 Å². The summed E-state index contributed by atoms with van der Waals surface area (Å²) in [7, 11) is 1.95. The molecule has 1 saturated carbocycles. The van der Waals surface area contributed by atoms with Gasteiger partial charge in [-0.15, -0.1) is 11.8 Å². The Morgan fingerprint density at radius 1 is 1.43 bits per heavy atom. The Labute approximate surface area is 92.0 Å². The largest absolute Gasteiger partial charge is 0.301 e. The summed E-state index contributed by atoms with van der Waals surface area (Å²) in [4.78, 5) is 4.63. The van der Waals surface area contributed by atoms with Crippen molar-refractivity contribution in [1.29, 1.82) is 0 Å². The van der Waals surface area contributed by atoms with Crippen molar-refractivity contribution in [2.45, 2.75) is 44.8 Å². The van der Waals surface area contributed by atoms with E-state index in [-0.39, 0.29) is 0 Å². The molecule has 1 aliphatic rings. The smallest absolute Gasteiger partial charge is 0.0891 e. The fourth-order valence-electron chi connectivity index (χ4n) is 1.83. The first-order valence-corrected chi connectivity index (χ1v) is 6.47. The van der Waals surface area contributed by atoms with E-state index in [9.17, 15) is 0 Å². The second kappa shape index (κ2) is 6.46. The standard InChI is InChI=1S/C11H22N2S/c1-9(2)14-11(13-8-12-3)10-6-4-5-7-10/h9-10,12H,4-8H2,1-3H3/b13-11-. The molecule has 0 atom stereocenters. The average molecular weight is 214 g/mol. The Balaban J connectivity index is 2.50. The Morgan fingerprint density at radius 3 is 2.57 bits per heavy atom. The first-order valence-electron chi connectivity index (χ1n) is 5.59. The molecule has 2 nitrogen and oxygen atoms in total. The molecule has 0 aliphatic heterocycles. The minimum absolute atomic E-state index is 0.659. The van der Waals surface area contributed by atoms with Gasteiger partial charge in [0.15, 0.2) is 0 Å². The second-order valence-corrected chi connectivity index (χ2v) is 5.75. The van der Waals surface area contributed by atoms with E-state index < -0.39 is 0 Å². The molecular weight excluding hydrogens is 192 g/mol. The number of thioether (sulfide) groups is 1. The molecule has 0 heterocycles. The number of hydrogen-bond acceptors (Lipinski definition) is 3. The van der Waals surface area contributed by atoms with Crippen LogP contribution in [0.3, 0.4) is 0 Å². The summed E-state index contributed by atoms with van der Waals surface area (Å²) in [5.41, 5.74) is 0. The van der Waals surface area contributed by atoms with Crippen molar-refractivity contribution in [2.24, 2.45) is 10.9 Å². The Hall–Kier alpha value is -0.0200. The highest BCUT2D eigenvalue weighted by Crippen LogP contribution is 2.31. The molecule has 0 unspecified atom stereocenters. The zero-order valence-corrected chi connectivity index (χ0v) is 10.4. The van der Waals surface area contributed by atoms with E-state index in [2.05, 4.69) is 24.2 Å². The number of rotatable bonds is 4. The molecule has 82 valence electrons. The summed E-state index contributed by atoms with van der Waals surface area (Å²) in [6.45, 7) is 5.26. The molecule has 14 heavy (non-hydrogen) atoms. The fourth-order valence-corrected chi connectivity index (χ4v) is 2.88. The van der Waals surface area contributed by atoms with Gasteiger partial charge in [-0.1, -0.05) is 26.7 Å². The Bertz CT molecular complexity index is 184. The topological polar surface area (TPSA) is 24.4 Å². The van der Waals surface area contributed by atoms with Gasteiger partial charge < -0.3 is 5.32 Å². The highest BCUT2D eigenvalue weighted by Gasteiger charge is 2.21. The van der Waals surface area contributed by atoms with E-state index in [0.29, 0.717) is 5.25 Å². The zero-order chi connectivity index (χ0) is 10.4. The molecule has 0 bridgehead atoms. The van der Waals surface area contributed by atoms with Crippen molar-refractivity contribution >= 4 is 16.8 Å². The predicted molar refractivity (Wildman–Crippen MR) is 66.0 cm³/mol. The Morgan fingerprint density at radius 2 is 2.07 bits per heavy atom. The third-order valence-electron chi connectivity index (χ3n) is 2.45. The van der Waals surface area contributed by atoms with Crippen molar-refractivity contribution in [3.63, 3.8) is 0 Å². The van der Waals surface area contributed by atoms with E-state index in [0.717, 1.165) is 12.6 Å². The maximum Gasteiger partial charge on any atom is 0.0891 e. The highest BCUT2D eigenvalue weighted by atomic mass is 32.2. The second-order valence-electron chi connectivity index (χ2n) is 4.16. The maximum atomic E-state index is 4.63. The van der Waals surface area contributed by atoms with Crippen LogP contribution in [0, 0.1) is 5.92 Å². The normalized spacial score (nSPS) is 19.6. The van der Waals surface area contributed by atoms with E-state index in [4.69, 9.17) is 0 Å². The Kier molecular flexibility index (Phi) is 5.56. The highest BCUT2D eigenvalue weighted by molar-refractivity contribution is 8.14. The number of nitrogens with zero attached hydrogens (tertiary/aromatic N) is 1. The maximum absolute atomic E-state index is 4.63. The van der Waals surface area contributed by atoms with Crippen molar-refractivity contribution in [1.82, 2.24) is 5.32 Å². The monoisotopic (exact) mass is 214 g/mol. The number of hydrogen-bond donors (Lipinski definition) is 1. The molecule has 3 heteroatoms. The quantitative estimate of drug-likeness (QED) is 0.575. The molecule has 0 spiro atoms. The van der Waals surface area contributed by atoms with E-state index in [1.54, 1.807) is 0 Å². The molecule has 1 fully saturated rings. The molecule has 0 aromatic heterocycles. The first-order chi connectivity index (χ1) is 6.74. The van der Waals surface area contributed by atoms with Gasteiger partial charge in [-0.05, 0) is 19.9 Å². The van der Waals surface area contributed by atoms with Gasteiger partial charge >= 0.3 is 0 Å². The van der Waals surface area contributed by atoms with Crippen molar-refractivity contribution in [3.05, 3.63) is 0 Å². The van der Waals surface area contributed by atoms with Crippen LogP contribution in [-0.2, 0) is 0 Å². The zero-order valence-electron chi connectivity index (χ0n) is 9.55. The average Bonchev–Trinajstić information content (AvgIpc) is 2.64. The molecule has 0 amide bonds. The summed E-state index contributed by atoms with van der Waals surface area (Å²) < 4.78 is 0. The van der Waals surface area contributed by atoms with Crippen LogP contribution in [0.2, 0.25) is 0 Å². The van der Waals surface area contributed by atoms with Crippen LogP contribution in [0.4, 0.5) is 0 Å². The minimum atomic E-state index is 0.659. The molecular formula is C11H22N2S. The van der Waals surface area contributed by atoms with Crippen LogP contribution < -0.4 is 5.32 Å². The summed E-state index contributed by atoms with van der Waals surface area (Å²) in [5, 5.41) is 5.13. The lowest BCUT2D eigenvalue weighted by molar-refractivity contribution is 0.726. The third-order valence-corrected chi connectivity index (χ3v) is 3.63. The van der Waals surface area contributed by atoms with Crippen LogP contribution in [0.25, 0.3) is 0 Å². The van der Waals surface area contributed by atoms with Gasteiger partial charge in [0.1, 0.15) is 0 Å². The van der Waals surface area contributed by atoms with Crippen LogP contribution in [0.15, 0.2) is 4.99 Å². The van der Waals surface area contributed by atoms with Crippen molar-refractivity contribution in [2.75, 3.05) is 13.7 Å². The van der Waals surface area contributed by atoms with Crippen LogP contribution in [-0.4, -0.2) is 24.0 Å². The molecule has 1 N–H and O–H groups in total. The summed E-state index contributed by atoms with van der Waals surface area (Å²) in [6, 6.07) is 0. The summed E-state index contributed by atoms with van der Waals surface area (Å²) in [5.74, 6) is 0.760. The van der Waals surface area contributed by atoms with Gasteiger partial charge in [0.05, 0.1) is 11.7 Å². The summed E-state index contributed by atoms with van der Waals surface area (Å²) >= 11 is 1.95. The lowest BCUT2D eigenvalue weighted by Gasteiger charge is -2.14. The number of nitrogens with one attached hydrogen (secondary N) is 1.